The molecule has 0 saturated heterocycles. The van der Waals surface area contributed by atoms with Crippen LogP contribution in [0.25, 0.3) is 0 Å². The van der Waals surface area contributed by atoms with Crippen LogP contribution >= 0.6 is 0 Å². The van der Waals surface area contributed by atoms with E-state index in [0.717, 1.165) is 0 Å². The summed E-state index contributed by atoms with van der Waals surface area (Å²) in [7, 11) is 0. The molecule has 1 aliphatic carbocycles. The molecule has 2 unspecified atom stereocenters. The highest BCUT2D eigenvalue weighted by Crippen LogP contribution is 2.39. The lowest BCUT2D eigenvalue weighted by Crippen LogP contribution is -2.49. The van der Waals surface area contributed by atoms with Crippen molar-refractivity contribution < 1.29 is 14.6 Å². The van der Waals surface area contributed by atoms with Crippen LogP contribution in [0.15, 0.2) is 0 Å². The maximum Gasteiger partial charge on any atom is 0.308 e. The van der Waals surface area contributed by atoms with E-state index < -0.39 is 17.7 Å². The highest BCUT2D eigenvalue weighted by molar-refractivity contribution is 5.69. The Balaban J connectivity index is 2.44. The number of ether oxygens (including phenoxy) is 1. The fraction of sp³-hybridized carbons (Fsp3) is 0.778. The molecule has 0 aromatic heterocycles. The Kier molecular flexibility index (Phi) is 2.89. The Morgan fingerprint density at radius 1 is 1.85 bits per heavy atom. The molecule has 0 aliphatic heterocycles. The van der Waals surface area contributed by atoms with Gasteiger partial charge in [0.25, 0.3) is 0 Å². The molecule has 0 bridgehead atoms. The quantitative estimate of drug-likeness (QED) is 0.522. The molecule has 0 amide bonds. The topological polar surface area (TPSA) is 70.3 Å². The normalized spacial score (nSPS) is 31.6. The zero-order chi connectivity index (χ0) is 9.90. The van der Waals surface area contributed by atoms with Gasteiger partial charge in [0.1, 0.15) is 5.92 Å². The minimum absolute atomic E-state index is 0.292. The van der Waals surface area contributed by atoms with Crippen LogP contribution in [0.4, 0.5) is 0 Å². The second-order valence-electron chi connectivity index (χ2n) is 3.29. The van der Waals surface area contributed by atoms with Crippen LogP contribution in [0.2, 0.25) is 0 Å². The smallest absolute Gasteiger partial charge is 0.308 e. The number of aliphatic hydroxyl groups is 1. The molecule has 0 spiro atoms. The number of carbonyl (C=O) groups excluding carboxylic acids is 1. The highest BCUT2D eigenvalue weighted by atomic mass is 16.7. The Morgan fingerprint density at radius 3 is 2.92 bits per heavy atom. The first-order chi connectivity index (χ1) is 6.12. The van der Waals surface area contributed by atoms with Gasteiger partial charge in [0.2, 0.25) is 5.79 Å². The molecule has 0 aromatic rings. The third-order valence-corrected chi connectivity index (χ3v) is 2.24. The Morgan fingerprint density at radius 2 is 2.54 bits per heavy atom. The molecule has 2 atom stereocenters. The van der Waals surface area contributed by atoms with Gasteiger partial charge in [-0.2, -0.15) is 5.26 Å². The first-order valence-corrected chi connectivity index (χ1v) is 4.46. The van der Waals surface area contributed by atoms with E-state index in [1.807, 2.05) is 13.0 Å². The highest BCUT2D eigenvalue weighted by Gasteiger charge is 2.49. The molecule has 0 radical (unpaired) electrons. The number of hydrogen-bond donors (Lipinski definition) is 1. The molecule has 0 aromatic carbocycles. The molecule has 4 nitrogen and oxygen atoms in total. The maximum absolute atomic E-state index is 11.0. The lowest BCUT2D eigenvalue weighted by molar-refractivity contribution is -0.258. The molecule has 1 fully saturated rings. The van der Waals surface area contributed by atoms with E-state index in [9.17, 15) is 9.90 Å². The number of nitrogens with zero attached hydrogens (tertiary/aromatic N) is 1. The summed E-state index contributed by atoms with van der Waals surface area (Å²) in [5.74, 6) is -2.47. The Labute approximate surface area is 77.1 Å². The predicted molar refractivity (Wildman–Crippen MR) is 44.3 cm³/mol. The van der Waals surface area contributed by atoms with Crippen molar-refractivity contribution in [2.24, 2.45) is 5.92 Å². The minimum Gasteiger partial charge on any atom is -0.432 e. The summed E-state index contributed by atoms with van der Waals surface area (Å²) >= 11 is 0. The van der Waals surface area contributed by atoms with Crippen molar-refractivity contribution in [2.45, 2.75) is 38.4 Å². The van der Waals surface area contributed by atoms with Crippen molar-refractivity contribution >= 4 is 5.97 Å². The van der Waals surface area contributed by atoms with Gasteiger partial charge in [-0.25, -0.2) is 0 Å². The summed E-state index contributed by atoms with van der Waals surface area (Å²) in [6, 6.07) is 1.91. The number of rotatable bonds is 3. The van der Waals surface area contributed by atoms with Gasteiger partial charge in [-0.1, -0.05) is 6.92 Å². The van der Waals surface area contributed by atoms with Crippen molar-refractivity contribution in [3.8, 4) is 6.07 Å². The van der Waals surface area contributed by atoms with Crippen molar-refractivity contribution in [3.05, 3.63) is 0 Å². The van der Waals surface area contributed by atoms with Crippen molar-refractivity contribution in [1.82, 2.24) is 0 Å². The van der Waals surface area contributed by atoms with E-state index in [4.69, 9.17) is 10.00 Å². The largest absolute Gasteiger partial charge is 0.432 e. The van der Waals surface area contributed by atoms with Gasteiger partial charge in [0.05, 0.1) is 6.07 Å². The second kappa shape index (κ2) is 3.75. The molecule has 0 heterocycles. The van der Waals surface area contributed by atoms with Crippen molar-refractivity contribution in [2.75, 3.05) is 0 Å². The zero-order valence-corrected chi connectivity index (χ0v) is 7.62. The second-order valence-corrected chi connectivity index (χ2v) is 3.29. The minimum atomic E-state index is -1.50. The molecular weight excluding hydrogens is 170 g/mol. The number of hydrogen-bond acceptors (Lipinski definition) is 4. The van der Waals surface area contributed by atoms with Crippen LogP contribution in [0.1, 0.15) is 32.6 Å². The summed E-state index contributed by atoms with van der Waals surface area (Å²) in [4.78, 5) is 11.0. The molecule has 1 rings (SSSR count). The van der Waals surface area contributed by atoms with Gasteiger partial charge < -0.3 is 9.84 Å². The van der Waals surface area contributed by atoms with Crippen LogP contribution in [-0.2, 0) is 9.53 Å². The van der Waals surface area contributed by atoms with Crippen LogP contribution in [0.5, 0.6) is 0 Å². The molecule has 1 N–H and O–H groups in total. The Hall–Kier alpha value is -1.08. The predicted octanol–water partition coefficient (Wildman–Crippen LogP) is 0.952. The molecule has 1 saturated carbocycles. The van der Waals surface area contributed by atoms with Gasteiger partial charge in [-0.05, 0) is 12.8 Å². The third-order valence-electron chi connectivity index (χ3n) is 2.24. The average molecular weight is 183 g/mol. The Bertz CT molecular complexity index is 246. The van der Waals surface area contributed by atoms with E-state index in [1.165, 1.54) is 0 Å². The van der Waals surface area contributed by atoms with E-state index in [2.05, 4.69) is 0 Å². The summed E-state index contributed by atoms with van der Waals surface area (Å²) in [5, 5.41) is 18.2. The van der Waals surface area contributed by atoms with Gasteiger partial charge >= 0.3 is 5.97 Å². The summed E-state index contributed by atoms with van der Waals surface area (Å²) in [6.07, 6.45) is 1.96. The zero-order valence-electron chi connectivity index (χ0n) is 7.62. The number of nitriles is 1. The van der Waals surface area contributed by atoms with Gasteiger partial charge in [-0.3, -0.25) is 4.79 Å². The van der Waals surface area contributed by atoms with E-state index in [-0.39, 0.29) is 0 Å². The SMILES string of the molecule is CCCC(=O)OC1(O)CCC1C#N. The lowest BCUT2D eigenvalue weighted by Gasteiger charge is -2.39. The first kappa shape index (κ1) is 10.0. The van der Waals surface area contributed by atoms with Gasteiger partial charge in [0.15, 0.2) is 0 Å². The first-order valence-electron chi connectivity index (χ1n) is 4.46. The fourth-order valence-corrected chi connectivity index (χ4v) is 1.28. The molecule has 1 aliphatic rings. The summed E-state index contributed by atoms with van der Waals surface area (Å²) in [6.45, 7) is 1.86. The van der Waals surface area contributed by atoms with E-state index in [1.54, 1.807) is 0 Å². The average Bonchev–Trinajstić information content (AvgIpc) is 2.03. The summed E-state index contributed by atoms with van der Waals surface area (Å²) in [5.41, 5.74) is 0. The molecule has 13 heavy (non-hydrogen) atoms. The monoisotopic (exact) mass is 183 g/mol. The van der Waals surface area contributed by atoms with E-state index >= 15 is 0 Å². The van der Waals surface area contributed by atoms with Crippen LogP contribution < -0.4 is 0 Å². The van der Waals surface area contributed by atoms with Gasteiger partial charge in [-0.15, -0.1) is 0 Å². The van der Waals surface area contributed by atoms with Gasteiger partial charge in [0, 0.05) is 12.8 Å². The lowest BCUT2D eigenvalue weighted by atomic mass is 9.79. The number of esters is 1. The molecule has 4 heteroatoms. The molecule has 72 valence electrons. The molecular formula is C9H13NO3. The fourth-order valence-electron chi connectivity index (χ4n) is 1.28. The van der Waals surface area contributed by atoms with Crippen molar-refractivity contribution in [3.63, 3.8) is 0 Å². The third kappa shape index (κ3) is 1.99. The summed E-state index contributed by atoms with van der Waals surface area (Å²) < 4.78 is 4.81. The van der Waals surface area contributed by atoms with Crippen molar-refractivity contribution in [1.29, 1.82) is 5.26 Å². The number of carbonyl (C=O) groups is 1. The van der Waals surface area contributed by atoms with Crippen LogP contribution in [-0.4, -0.2) is 16.9 Å². The van der Waals surface area contributed by atoms with Crippen LogP contribution in [0.3, 0.4) is 0 Å². The van der Waals surface area contributed by atoms with Crippen LogP contribution in [0, 0.1) is 17.2 Å². The van der Waals surface area contributed by atoms with E-state index in [0.29, 0.717) is 25.7 Å². The standard InChI is InChI=1S/C9H13NO3/c1-2-3-8(11)13-9(12)5-4-7(9)6-10/h7,12H,2-5H2,1H3. The maximum atomic E-state index is 11.0.